The first-order valence-electron chi connectivity index (χ1n) is 10.3. The Kier molecular flexibility index (Phi) is 6.50. The molecule has 0 saturated carbocycles. The number of aliphatic hydroxyl groups excluding tert-OH is 1. The number of Topliss-reactive ketones (excluding diaryl/α,β-unsaturated/α-hetero) is 1. The molecule has 3 rings (SSSR count). The first-order chi connectivity index (χ1) is 15.0. The second-order valence-corrected chi connectivity index (χ2v) is 8.39. The number of phenols is 4. The van der Waals surface area contributed by atoms with Crippen LogP contribution in [0.15, 0.2) is 42.0 Å². The molecule has 1 aliphatic rings. The van der Waals surface area contributed by atoms with Crippen molar-refractivity contribution >= 4 is 5.78 Å². The molecule has 32 heavy (non-hydrogen) atoms. The van der Waals surface area contributed by atoms with E-state index in [1.807, 2.05) is 19.9 Å². The van der Waals surface area contributed by atoms with Gasteiger partial charge in [0.15, 0.2) is 17.3 Å². The molecule has 2 atom stereocenters. The van der Waals surface area contributed by atoms with Crippen molar-refractivity contribution < 1.29 is 35.1 Å². The quantitative estimate of drug-likeness (QED) is 0.336. The van der Waals surface area contributed by atoms with Crippen LogP contribution in [-0.2, 0) is 12.8 Å². The topological polar surface area (TPSA) is 127 Å². The van der Waals surface area contributed by atoms with Gasteiger partial charge in [0.2, 0.25) is 0 Å². The normalized spacial score (nSPS) is 16.1. The molecule has 0 fully saturated rings. The zero-order valence-electron chi connectivity index (χ0n) is 18.3. The summed E-state index contributed by atoms with van der Waals surface area (Å²) in [6.45, 7) is 9.14. The lowest BCUT2D eigenvalue weighted by molar-refractivity contribution is 0.0838. The molecule has 0 spiro atoms. The highest BCUT2D eigenvalue weighted by molar-refractivity contribution is 6.04. The van der Waals surface area contributed by atoms with E-state index in [0.717, 1.165) is 5.57 Å². The third kappa shape index (κ3) is 4.43. The van der Waals surface area contributed by atoms with Gasteiger partial charge in [0.1, 0.15) is 28.9 Å². The number of ether oxygens (including phenoxy) is 1. The highest BCUT2D eigenvalue weighted by atomic mass is 16.5. The summed E-state index contributed by atoms with van der Waals surface area (Å²) in [6.07, 6.45) is 0.0294. The van der Waals surface area contributed by atoms with Crippen molar-refractivity contribution in [1.29, 1.82) is 0 Å². The second-order valence-electron chi connectivity index (χ2n) is 8.39. The fraction of sp³-hybridized carbons (Fsp3) is 0.320. The zero-order chi connectivity index (χ0) is 23.7. The van der Waals surface area contributed by atoms with Crippen LogP contribution < -0.4 is 4.74 Å². The Bertz CT molecular complexity index is 1110. The van der Waals surface area contributed by atoms with Crippen LogP contribution >= 0.6 is 0 Å². The summed E-state index contributed by atoms with van der Waals surface area (Å²) >= 11 is 0. The number of aromatic hydroxyl groups is 4. The average Bonchev–Trinajstić information content (AvgIpc) is 2.71. The predicted octanol–water partition coefficient (Wildman–Crippen LogP) is 4.20. The molecule has 2 aromatic rings. The van der Waals surface area contributed by atoms with Crippen molar-refractivity contribution in [3.8, 4) is 28.7 Å². The summed E-state index contributed by atoms with van der Waals surface area (Å²) in [5, 5.41) is 51.7. The molecular weight excluding hydrogens is 412 g/mol. The molecule has 0 aromatic heterocycles. The number of allylic oxidation sites excluding steroid dienone is 2. The van der Waals surface area contributed by atoms with Crippen molar-refractivity contribution in [3.05, 3.63) is 64.3 Å². The molecule has 1 heterocycles. The number of hydrogen-bond acceptors (Lipinski definition) is 7. The minimum Gasteiger partial charge on any atom is -0.507 e. The largest absolute Gasteiger partial charge is 0.507 e. The standard InChI is InChI=1S/C25H28O7/c1-12(2)5-7-15-23(30)16(10-18(27)13(3)4)25-22(24(15)31)20(29)11-21(32-25)14-6-8-17(26)19(28)9-14/h5-6,8-9,18,21,26-28,30-31H,3,7,10-11H2,1-2,4H3/t18-,21+/m0/s1. The molecule has 0 saturated heterocycles. The Morgan fingerprint density at radius 2 is 1.81 bits per heavy atom. The summed E-state index contributed by atoms with van der Waals surface area (Å²) in [4.78, 5) is 13.1. The van der Waals surface area contributed by atoms with Crippen molar-refractivity contribution in [2.45, 2.75) is 52.2 Å². The van der Waals surface area contributed by atoms with Gasteiger partial charge in [-0.1, -0.05) is 29.9 Å². The lowest BCUT2D eigenvalue weighted by atomic mass is 9.88. The number of benzene rings is 2. The first kappa shape index (κ1) is 23.2. The van der Waals surface area contributed by atoms with Crippen LogP contribution in [0.5, 0.6) is 28.7 Å². The highest BCUT2D eigenvalue weighted by Crippen LogP contribution is 2.49. The van der Waals surface area contributed by atoms with Crippen LogP contribution in [0, 0.1) is 0 Å². The van der Waals surface area contributed by atoms with E-state index in [2.05, 4.69) is 6.58 Å². The lowest BCUT2D eigenvalue weighted by Gasteiger charge is -2.30. The smallest absolute Gasteiger partial charge is 0.174 e. The monoisotopic (exact) mass is 440 g/mol. The van der Waals surface area contributed by atoms with Crippen LogP contribution in [0.3, 0.4) is 0 Å². The molecule has 0 aliphatic carbocycles. The number of carbonyl (C=O) groups is 1. The number of phenolic OH excluding ortho intramolecular Hbond substituents is 4. The molecule has 0 amide bonds. The summed E-state index contributed by atoms with van der Waals surface area (Å²) in [5.41, 5.74) is 2.23. The van der Waals surface area contributed by atoms with Crippen LogP contribution in [-0.4, -0.2) is 37.4 Å². The van der Waals surface area contributed by atoms with Gasteiger partial charge in [0.05, 0.1) is 12.5 Å². The van der Waals surface area contributed by atoms with E-state index in [-0.39, 0.29) is 64.7 Å². The molecule has 0 unspecified atom stereocenters. The van der Waals surface area contributed by atoms with Gasteiger partial charge in [-0.2, -0.15) is 0 Å². The molecule has 1 aliphatic heterocycles. The maximum Gasteiger partial charge on any atom is 0.174 e. The van der Waals surface area contributed by atoms with Crippen LogP contribution in [0.1, 0.15) is 60.3 Å². The average molecular weight is 440 g/mol. The second kappa shape index (κ2) is 8.96. The number of carbonyl (C=O) groups excluding carboxylic acids is 1. The Labute approximate surface area is 186 Å². The van der Waals surface area contributed by atoms with Gasteiger partial charge in [0, 0.05) is 17.5 Å². The molecular formula is C25H28O7. The third-order valence-electron chi connectivity index (χ3n) is 5.56. The summed E-state index contributed by atoms with van der Waals surface area (Å²) in [7, 11) is 0. The van der Waals surface area contributed by atoms with Crippen molar-refractivity contribution in [2.24, 2.45) is 0 Å². The number of fused-ring (bicyclic) bond motifs is 1. The SMILES string of the molecule is C=C(C)[C@@H](O)Cc1c(O)c(CC=C(C)C)c(O)c2c1O[C@@H](c1ccc(O)c(O)c1)CC2=O. The van der Waals surface area contributed by atoms with E-state index in [1.54, 1.807) is 6.92 Å². The number of hydrogen-bond donors (Lipinski definition) is 5. The molecule has 5 N–H and O–H groups in total. The number of rotatable bonds is 6. The molecule has 2 aromatic carbocycles. The van der Waals surface area contributed by atoms with E-state index < -0.39 is 18.0 Å². The van der Waals surface area contributed by atoms with Gasteiger partial charge >= 0.3 is 0 Å². The minimum absolute atomic E-state index is 0.00457. The molecule has 0 radical (unpaired) electrons. The van der Waals surface area contributed by atoms with Crippen LogP contribution in [0.2, 0.25) is 0 Å². The van der Waals surface area contributed by atoms with Crippen molar-refractivity contribution in [2.75, 3.05) is 0 Å². The summed E-state index contributed by atoms with van der Waals surface area (Å²) < 4.78 is 6.05. The van der Waals surface area contributed by atoms with E-state index in [1.165, 1.54) is 18.2 Å². The van der Waals surface area contributed by atoms with E-state index in [0.29, 0.717) is 11.1 Å². The Hall–Kier alpha value is -3.45. The summed E-state index contributed by atoms with van der Waals surface area (Å²) in [6, 6.07) is 4.10. The Morgan fingerprint density at radius 3 is 2.41 bits per heavy atom. The fourth-order valence-corrected chi connectivity index (χ4v) is 3.64. The first-order valence-corrected chi connectivity index (χ1v) is 10.3. The van der Waals surface area contributed by atoms with Gasteiger partial charge in [-0.15, -0.1) is 0 Å². The van der Waals surface area contributed by atoms with Gasteiger partial charge in [-0.05, 0) is 44.9 Å². The molecule has 7 nitrogen and oxygen atoms in total. The maximum atomic E-state index is 13.1. The predicted molar refractivity (Wildman–Crippen MR) is 120 cm³/mol. The van der Waals surface area contributed by atoms with Crippen LogP contribution in [0.4, 0.5) is 0 Å². The van der Waals surface area contributed by atoms with Gasteiger partial charge < -0.3 is 30.3 Å². The highest BCUT2D eigenvalue weighted by Gasteiger charge is 2.36. The fourth-order valence-electron chi connectivity index (χ4n) is 3.64. The molecule has 170 valence electrons. The van der Waals surface area contributed by atoms with E-state index in [4.69, 9.17) is 4.74 Å². The van der Waals surface area contributed by atoms with E-state index >= 15 is 0 Å². The van der Waals surface area contributed by atoms with Crippen molar-refractivity contribution in [3.63, 3.8) is 0 Å². The third-order valence-corrected chi connectivity index (χ3v) is 5.56. The number of aliphatic hydroxyl groups is 1. The van der Waals surface area contributed by atoms with Crippen molar-refractivity contribution in [1.82, 2.24) is 0 Å². The van der Waals surface area contributed by atoms with Gasteiger partial charge in [-0.25, -0.2) is 0 Å². The molecule has 0 bridgehead atoms. The zero-order valence-corrected chi connectivity index (χ0v) is 18.3. The lowest BCUT2D eigenvalue weighted by Crippen LogP contribution is -2.23. The van der Waals surface area contributed by atoms with Crippen LogP contribution in [0.25, 0.3) is 0 Å². The maximum absolute atomic E-state index is 13.1. The van der Waals surface area contributed by atoms with Gasteiger partial charge in [-0.3, -0.25) is 4.79 Å². The van der Waals surface area contributed by atoms with Gasteiger partial charge in [0.25, 0.3) is 0 Å². The Morgan fingerprint density at radius 1 is 1.12 bits per heavy atom. The summed E-state index contributed by atoms with van der Waals surface area (Å²) in [5.74, 6) is -1.66. The Balaban J connectivity index is 2.17. The number of ketones is 1. The van der Waals surface area contributed by atoms with E-state index in [9.17, 15) is 30.3 Å². The minimum atomic E-state index is -0.998. The molecule has 7 heteroatoms.